The highest BCUT2D eigenvalue weighted by molar-refractivity contribution is 6.30. The van der Waals surface area contributed by atoms with Gasteiger partial charge in [0.1, 0.15) is 23.9 Å². The molecule has 7 rings (SSSR count). The predicted octanol–water partition coefficient (Wildman–Crippen LogP) is 6.32. The van der Waals surface area contributed by atoms with Gasteiger partial charge in [-0.3, -0.25) is 4.79 Å². The third-order valence-electron chi connectivity index (χ3n) is 11.8. The van der Waals surface area contributed by atoms with Gasteiger partial charge in [-0.2, -0.15) is 0 Å². The Morgan fingerprint density at radius 1 is 0.951 bits per heavy atom. The van der Waals surface area contributed by atoms with Crippen molar-refractivity contribution in [3.05, 3.63) is 69.2 Å². The Labute approximate surface area is 244 Å². The molecule has 0 amide bonds. The van der Waals surface area contributed by atoms with E-state index in [0.29, 0.717) is 28.3 Å². The van der Waals surface area contributed by atoms with Crippen LogP contribution in [0.3, 0.4) is 0 Å². The summed E-state index contributed by atoms with van der Waals surface area (Å²) in [6.45, 7) is 6.24. The third-order valence-corrected chi connectivity index (χ3v) is 12.1. The predicted molar refractivity (Wildman–Crippen MR) is 151 cm³/mol. The van der Waals surface area contributed by atoms with Crippen LogP contribution in [0.2, 0.25) is 5.02 Å². The van der Waals surface area contributed by atoms with Crippen LogP contribution in [-0.2, 0) is 19.0 Å². The van der Waals surface area contributed by atoms with Crippen molar-refractivity contribution in [3.8, 4) is 0 Å². The zero-order valence-electron chi connectivity index (χ0n) is 23.8. The number of esters is 2. The van der Waals surface area contributed by atoms with Gasteiger partial charge in [-0.15, -0.1) is 0 Å². The first-order valence-corrected chi connectivity index (χ1v) is 15.3. The fourth-order valence-corrected chi connectivity index (χ4v) is 10.1. The first-order chi connectivity index (χ1) is 19.6. The van der Waals surface area contributed by atoms with Crippen molar-refractivity contribution in [2.24, 2.45) is 28.6 Å². The summed E-state index contributed by atoms with van der Waals surface area (Å²) in [6.07, 6.45) is 7.82. The Morgan fingerprint density at radius 3 is 2.44 bits per heavy atom. The normalized spacial score (nSPS) is 42.2. The van der Waals surface area contributed by atoms with Gasteiger partial charge in [0, 0.05) is 29.3 Å². The number of ether oxygens (including phenoxy) is 3. The molecule has 7 nitrogen and oxygen atoms in total. The largest absolute Gasteiger partial charge is 0.463 e. The van der Waals surface area contributed by atoms with E-state index in [-0.39, 0.29) is 34.9 Å². The molecule has 0 N–H and O–H groups in total. The van der Waals surface area contributed by atoms with Crippen LogP contribution in [0.4, 0.5) is 0 Å². The highest BCUT2D eigenvalue weighted by atomic mass is 35.5. The lowest BCUT2D eigenvalue weighted by Crippen LogP contribution is -2.58. The molecule has 4 saturated carbocycles. The summed E-state index contributed by atoms with van der Waals surface area (Å²) in [5.41, 5.74) is 0.375. The maximum absolute atomic E-state index is 13.4. The minimum absolute atomic E-state index is 0.0133. The Bertz CT molecular complexity index is 1420. The molecule has 10 atom stereocenters. The van der Waals surface area contributed by atoms with Gasteiger partial charge in [-0.05, 0) is 104 Å². The molecule has 1 spiro atoms. The maximum Gasteiger partial charge on any atom is 0.338 e. The minimum Gasteiger partial charge on any atom is -0.463 e. The van der Waals surface area contributed by atoms with E-state index in [9.17, 15) is 14.4 Å². The van der Waals surface area contributed by atoms with E-state index in [1.807, 2.05) is 6.07 Å². The number of benzene rings is 1. The zero-order valence-corrected chi connectivity index (χ0v) is 24.5. The molecule has 5 aliphatic rings. The fraction of sp³-hybridized carbons (Fsp3) is 0.606. The molecule has 0 unspecified atom stereocenters. The fourth-order valence-electron chi connectivity index (χ4n) is 10.0. The van der Waals surface area contributed by atoms with Crippen LogP contribution < -0.4 is 5.63 Å². The Hall–Kier alpha value is -2.64. The van der Waals surface area contributed by atoms with Crippen LogP contribution in [0, 0.1) is 28.6 Å². The smallest absolute Gasteiger partial charge is 0.338 e. The number of carbonyl (C=O) groups excluding carboxylic acids is 2. The highest BCUT2D eigenvalue weighted by Crippen LogP contribution is 2.78. The van der Waals surface area contributed by atoms with E-state index < -0.39 is 23.3 Å². The second-order valence-electron chi connectivity index (χ2n) is 13.5. The van der Waals surface area contributed by atoms with Crippen LogP contribution in [0.25, 0.3) is 0 Å². The molecule has 2 heterocycles. The molecule has 2 aromatic rings. The van der Waals surface area contributed by atoms with Crippen molar-refractivity contribution in [1.29, 1.82) is 0 Å². The van der Waals surface area contributed by atoms with Crippen molar-refractivity contribution < 1.29 is 28.2 Å². The first-order valence-electron chi connectivity index (χ1n) is 15.0. The average molecular weight is 581 g/mol. The van der Waals surface area contributed by atoms with Crippen LogP contribution >= 0.6 is 11.6 Å². The van der Waals surface area contributed by atoms with Gasteiger partial charge < -0.3 is 18.6 Å². The van der Waals surface area contributed by atoms with Gasteiger partial charge in [0.25, 0.3) is 0 Å². The maximum atomic E-state index is 13.4. The molecule has 4 aliphatic carbocycles. The molecule has 218 valence electrons. The van der Waals surface area contributed by atoms with E-state index in [1.165, 1.54) is 13.0 Å². The van der Waals surface area contributed by atoms with Crippen molar-refractivity contribution in [3.63, 3.8) is 0 Å². The zero-order chi connectivity index (χ0) is 28.7. The van der Waals surface area contributed by atoms with Crippen LogP contribution in [-0.4, -0.2) is 35.9 Å². The minimum atomic E-state index is -0.500. The number of hydrogen-bond acceptors (Lipinski definition) is 7. The molecule has 1 aliphatic heterocycles. The van der Waals surface area contributed by atoms with Crippen LogP contribution in [0.15, 0.2) is 51.9 Å². The van der Waals surface area contributed by atoms with Gasteiger partial charge >= 0.3 is 17.6 Å². The van der Waals surface area contributed by atoms with E-state index in [2.05, 4.69) is 13.8 Å². The number of carbonyl (C=O) groups is 2. The number of rotatable bonds is 4. The van der Waals surface area contributed by atoms with Gasteiger partial charge in [-0.1, -0.05) is 25.4 Å². The Morgan fingerprint density at radius 2 is 1.73 bits per heavy atom. The number of halogens is 1. The van der Waals surface area contributed by atoms with Gasteiger partial charge in [0.05, 0.1) is 11.8 Å². The SMILES string of the molecule is CC(=O)O[C@H]1CC[C@@]2(C)[C@H](CC[C@@H]3[C@@H]2CC[C@]2(C)[C@@H](c4ccc(=O)oc4)[C@@H](OC(=O)c4ccc(Cl)cc4)[C@H]4O[C@]342)C1. The van der Waals surface area contributed by atoms with E-state index in [0.717, 1.165) is 50.5 Å². The molecular formula is C33H37ClO7. The van der Waals surface area contributed by atoms with Gasteiger partial charge in [-0.25, -0.2) is 9.59 Å². The first kappa shape index (κ1) is 27.2. The average Bonchev–Trinajstić information content (AvgIpc) is 3.64. The summed E-state index contributed by atoms with van der Waals surface area (Å²) >= 11 is 6.06. The molecule has 0 bridgehead atoms. The molecule has 41 heavy (non-hydrogen) atoms. The lowest BCUT2D eigenvalue weighted by atomic mass is 9.44. The quantitative estimate of drug-likeness (QED) is 0.308. The summed E-state index contributed by atoms with van der Waals surface area (Å²) in [7, 11) is 0. The summed E-state index contributed by atoms with van der Waals surface area (Å²) in [5.74, 6) is 0.583. The van der Waals surface area contributed by atoms with E-state index in [4.69, 9.17) is 30.2 Å². The molecule has 0 radical (unpaired) electrons. The summed E-state index contributed by atoms with van der Waals surface area (Å²) in [6, 6.07) is 10.0. The van der Waals surface area contributed by atoms with Gasteiger partial charge in [0.15, 0.2) is 0 Å². The van der Waals surface area contributed by atoms with Gasteiger partial charge in [0.2, 0.25) is 0 Å². The summed E-state index contributed by atoms with van der Waals surface area (Å²) in [4.78, 5) is 36.9. The number of epoxide rings is 1. The Kier molecular flexibility index (Phi) is 6.26. The second-order valence-corrected chi connectivity index (χ2v) is 14.0. The second kappa shape index (κ2) is 9.43. The van der Waals surface area contributed by atoms with Crippen molar-refractivity contribution in [2.45, 2.75) is 95.5 Å². The summed E-state index contributed by atoms with van der Waals surface area (Å²) < 4.78 is 24.1. The topological polar surface area (TPSA) is 95.3 Å². The molecule has 8 heteroatoms. The monoisotopic (exact) mass is 580 g/mol. The number of hydrogen-bond donors (Lipinski definition) is 0. The Balaban J connectivity index is 1.22. The molecule has 1 aromatic heterocycles. The van der Waals surface area contributed by atoms with Crippen LogP contribution in [0.5, 0.6) is 0 Å². The standard InChI is InChI=1S/C33H37ClO7/c1-18(35)39-23-12-14-31(2)21(16-23)7-10-25-24(31)13-15-32(3)27(20-6-11-26(36)38-17-20)28(29-33(25,32)41-29)40-30(37)19-4-8-22(34)9-5-19/h4-6,8-9,11,17,21,23-25,27-29H,7,10,12-16H2,1-3H3/t21-,23+,24+,25-,27+,28-,29-,31+,32-,33-/m1/s1. The van der Waals surface area contributed by atoms with Crippen LogP contribution in [0.1, 0.15) is 87.6 Å². The molecule has 1 aromatic carbocycles. The molecular weight excluding hydrogens is 544 g/mol. The molecule has 1 saturated heterocycles. The van der Waals surface area contributed by atoms with Crippen molar-refractivity contribution >= 4 is 23.5 Å². The molecule has 5 fully saturated rings. The van der Waals surface area contributed by atoms with E-state index >= 15 is 0 Å². The third kappa shape index (κ3) is 3.98. The summed E-state index contributed by atoms with van der Waals surface area (Å²) in [5, 5.41) is 0.555. The lowest BCUT2D eigenvalue weighted by Gasteiger charge is -2.61. The highest BCUT2D eigenvalue weighted by Gasteiger charge is 2.84. The van der Waals surface area contributed by atoms with Crippen molar-refractivity contribution in [1.82, 2.24) is 0 Å². The van der Waals surface area contributed by atoms with Crippen molar-refractivity contribution in [2.75, 3.05) is 0 Å². The lowest BCUT2D eigenvalue weighted by molar-refractivity contribution is -0.164. The van der Waals surface area contributed by atoms with E-state index in [1.54, 1.807) is 30.5 Å². The number of fused-ring (bicyclic) bond motifs is 3.